The first-order chi connectivity index (χ1) is 7.27. The molecule has 0 aliphatic carbocycles. The van der Waals surface area contributed by atoms with Gasteiger partial charge in [-0.3, -0.25) is 9.36 Å². The van der Waals surface area contributed by atoms with E-state index in [1.807, 2.05) is 0 Å². The molecular formula is C9H14N4O2. The van der Waals surface area contributed by atoms with Crippen molar-refractivity contribution in [2.24, 2.45) is 0 Å². The van der Waals surface area contributed by atoms with Crippen LogP contribution in [0.3, 0.4) is 0 Å². The number of nitrogens with zero attached hydrogens (tertiary/aromatic N) is 2. The van der Waals surface area contributed by atoms with E-state index in [4.69, 9.17) is 0 Å². The number of aromatic nitrogens is 2. The van der Waals surface area contributed by atoms with Gasteiger partial charge in [0.2, 0.25) is 5.91 Å². The lowest BCUT2D eigenvalue weighted by Crippen LogP contribution is -2.47. The van der Waals surface area contributed by atoms with Crippen molar-refractivity contribution in [3.05, 3.63) is 22.9 Å². The van der Waals surface area contributed by atoms with E-state index in [2.05, 4.69) is 10.3 Å². The molecule has 2 rings (SSSR count). The smallest absolute Gasteiger partial charge is 0.325 e. The standard InChI is InChI=1S/C9H14N4O2/c14-8(12-4-1-10-2-5-12)7-13-6-3-11-9(13)15/h3,6,10H,1-2,4-5,7H2,(H,11,15). The van der Waals surface area contributed by atoms with E-state index in [9.17, 15) is 9.59 Å². The van der Waals surface area contributed by atoms with Crippen molar-refractivity contribution in [3.8, 4) is 0 Å². The minimum Gasteiger partial charge on any atom is -0.339 e. The zero-order valence-corrected chi connectivity index (χ0v) is 8.40. The molecule has 0 spiro atoms. The van der Waals surface area contributed by atoms with Crippen LogP contribution in [0.5, 0.6) is 0 Å². The molecule has 1 aromatic rings. The van der Waals surface area contributed by atoms with Gasteiger partial charge in [-0.15, -0.1) is 0 Å². The van der Waals surface area contributed by atoms with E-state index < -0.39 is 0 Å². The summed E-state index contributed by atoms with van der Waals surface area (Å²) in [6.45, 7) is 3.22. The Morgan fingerprint density at radius 1 is 1.40 bits per heavy atom. The Balaban J connectivity index is 1.97. The van der Waals surface area contributed by atoms with Crippen LogP contribution in [0.4, 0.5) is 0 Å². The Kier molecular flexibility index (Phi) is 2.86. The number of hydrogen-bond acceptors (Lipinski definition) is 3. The van der Waals surface area contributed by atoms with Gasteiger partial charge in [0.25, 0.3) is 0 Å². The molecule has 0 radical (unpaired) electrons. The van der Waals surface area contributed by atoms with Gasteiger partial charge in [0.05, 0.1) is 0 Å². The van der Waals surface area contributed by atoms with Crippen molar-refractivity contribution >= 4 is 5.91 Å². The molecule has 1 fully saturated rings. The van der Waals surface area contributed by atoms with E-state index in [1.54, 1.807) is 11.1 Å². The van der Waals surface area contributed by atoms with Crippen molar-refractivity contribution in [1.29, 1.82) is 0 Å². The molecule has 0 bridgehead atoms. The van der Waals surface area contributed by atoms with Crippen molar-refractivity contribution in [1.82, 2.24) is 19.8 Å². The van der Waals surface area contributed by atoms with Crippen LogP contribution < -0.4 is 11.0 Å². The maximum absolute atomic E-state index is 11.7. The summed E-state index contributed by atoms with van der Waals surface area (Å²) >= 11 is 0. The predicted octanol–water partition coefficient (Wildman–Crippen LogP) is -1.39. The topological polar surface area (TPSA) is 70.1 Å². The van der Waals surface area contributed by atoms with Crippen LogP contribution in [0.2, 0.25) is 0 Å². The van der Waals surface area contributed by atoms with Gasteiger partial charge in [-0.25, -0.2) is 4.79 Å². The number of rotatable bonds is 2. The highest BCUT2D eigenvalue weighted by molar-refractivity contribution is 5.76. The molecule has 15 heavy (non-hydrogen) atoms. The third-order valence-electron chi connectivity index (χ3n) is 2.50. The quantitative estimate of drug-likeness (QED) is 0.631. The van der Waals surface area contributed by atoms with Gasteiger partial charge in [-0.2, -0.15) is 0 Å². The largest absolute Gasteiger partial charge is 0.339 e. The predicted molar refractivity (Wildman–Crippen MR) is 54.5 cm³/mol. The van der Waals surface area contributed by atoms with Gasteiger partial charge < -0.3 is 15.2 Å². The lowest BCUT2D eigenvalue weighted by Gasteiger charge is -2.27. The van der Waals surface area contributed by atoms with Crippen LogP contribution in [0.1, 0.15) is 0 Å². The van der Waals surface area contributed by atoms with Crippen LogP contribution in [0, 0.1) is 0 Å². The molecular weight excluding hydrogens is 196 g/mol. The van der Waals surface area contributed by atoms with Crippen LogP contribution >= 0.6 is 0 Å². The lowest BCUT2D eigenvalue weighted by atomic mass is 10.3. The Morgan fingerprint density at radius 2 is 2.13 bits per heavy atom. The van der Waals surface area contributed by atoms with E-state index >= 15 is 0 Å². The Hall–Kier alpha value is -1.56. The summed E-state index contributed by atoms with van der Waals surface area (Å²) in [5.74, 6) is -0.00167. The molecule has 82 valence electrons. The van der Waals surface area contributed by atoms with Crippen LogP contribution in [-0.2, 0) is 11.3 Å². The summed E-state index contributed by atoms with van der Waals surface area (Å²) in [6, 6.07) is 0. The lowest BCUT2D eigenvalue weighted by molar-refractivity contribution is -0.132. The second-order valence-corrected chi connectivity index (χ2v) is 3.52. The summed E-state index contributed by atoms with van der Waals surface area (Å²) in [5, 5.41) is 3.17. The molecule has 2 heterocycles. The molecule has 0 saturated carbocycles. The maximum Gasteiger partial charge on any atom is 0.325 e. The van der Waals surface area contributed by atoms with Crippen LogP contribution in [0.15, 0.2) is 17.2 Å². The monoisotopic (exact) mass is 210 g/mol. The third kappa shape index (κ3) is 2.27. The third-order valence-corrected chi connectivity index (χ3v) is 2.50. The van der Waals surface area contributed by atoms with Crippen molar-refractivity contribution < 1.29 is 4.79 Å². The first kappa shape index (κ1) is 9.97. The molecule has 0 unspecified atom stereocenters. The number of aromatic amines is 1. The fraction of sp³-hybridized carbons (Fsp3) is 0.556. The van der Waals surface area contributed by atoms with Crippen molar-refractivity contribution in [3.63, 3.8) is 0 Å². The Bertz CT molecular complexity index is 389. The van der Waals surface area contributed by atoms with E-state index in [0.717, 1.165) is 26.2 Å². The fourth-order valence-corrected chi connectivity index (χ4v) is 1.63. The molecule has 1 aromatic heterocycles. The first-order valence-electron chi connectivity index (χ1n) is 5.00. The number of nitrogens with one attached hydrogen (secondary N) is 2. The van der Waals surface area contributed by atoms with E-state index in [1.165, 1.54) is 10.8 Å². The second-order valence-electron chi connectivity index (χ2n) is 3.52. The van der Waals surface area contributed by atoms with Crippen LogP contribution in [0.25, 0.3) is 0 Å². The number of imidazole rings is 1. The van der Waals surface area contributed by atoms with Gasteiger partial charge >= 0.3 is 5.69 Å². The molecule has 1 aliphatic rings. The minimum absolute atomic E-state index is 0.00167. The number of H-pyrrole nitrogens is 1. The molecule has 1 saturated heterocycles. The van der Waals surface area contributed by atoms with Gasteiger partial charge in [0.1, 0.15) is 6.54 Å². The summed E-state index contributed by atoms with van der Waals surface area (Å²) in [6.07, 6.45) is 3.12. The zero-order chi connectivity index (χ0) is 10.7. The van der Waals surface area contributed by atoms with E-state index in [0.29, 0.717) is 0 Å². The first-order valence-corrected chi connectivity index (χ1v) is 5.00. The fourth-order valence-electron chi connectivity index (χ4n) is 1.63. The Labute approximate surface area is 86.9 Å². The van der Waals surface area contributed by atoms with Crippen molar-refractivity contribution in [2.75, 3.05) is 26.2 Å². The number of carbonyl (C=O) groups excluding carboxylic acids is 1. The average Bonchev–Trinajstić information content (AvgIpc) is 2.66. The number of amides is 1. The highest BCUT2D eigenvalue weighted by Crippen LogP contribution is 1.95. The average molecular weight is 210 g/mol. The molecule has 0 atom stereocenters. The molecule has 6 heteroatoms. The van der Waals surface area contributed by atoms with Crippen LogP contribution in [-0.4, -0.2) is 46.5 Å². The molecule has 1 aliphatic heterocycles. The normalized spacial score (nSPS) is 16.7. The maximum atomic E-state index is 11.7. The second kappa shape index (κ2) is 4.31. The number of piperazine rings is 1. The summed E-state index contributed by atoms with van der Waals surface area (Å²) in [5.41, 5.74) is -0.238. The SMILES string of the molecule is O=C(Cn1cc[nH]c1=O)N1CCNCC1. The van der Waals surface area contributed by atoms with Gasteiger partial charge in [-0.05, 0) is 0 Å². The number of hydrogen-bond donors (Lipinski definition) is 2. The van der Waals surface area contributed by atoms with Gasteiger partial charge in [-0.1, -0.05) is 0 Å². The summed E-state index contributed by atoms with van der Waals surface area (Å²) in [4.78, 5) is 27.2. The minimum atomic E-state index is -0.238. The van der Waals surface area contributed by atoms with Gasteiger partial charge in [0, 0.05) is 38.6 Å². The number of carbonyl (C=O) groups is 1. The van der Waals surface area contributed by atoms with Gasteiger partial charge in [0.15, 0.2) is 0 Å². The highest BCUT2D eigenvalue weighted by Gasteiger charge is 2.16. The summed E-state index contributed by atoms with van der Waals surface area (Å²) < 4.78 is 1.38. The zero-order valence-electron chi connectivity index (χ0n) is 8.40. The molecule has 2 N–H and O–H groups in total. The molecule has 0 aromatic carbocycles. The van der Waals surface area contributed by atoms with Crippen molar-refractivity contribution in [2.45, 2.75) is 6.54 Å². The van der Waals surface area contributed by atoms with E-state index in [-0.39, 0.29) is 18.1 Å². The molecule has 1 amide bonds. The molecule has 6 nitrogen and oxygen atoms in total. The summed E-state index contributed by atoms with van der Waals surface area (Å²) in [7, 11) is 0. The highest BCUT2D eigenvalue weighted by atomic mass is 16.2. The Morgan fingerprint density at radius 3 is 2.73 bits per heavy atom.